The lowest BCUT2D eigenvalue weighted by Gasteiger charge is -2.26. The van der Waals surface area contributed by atoms with Crippen LogP contribution in [0.2, 0.25) is 0 Å². The Morgan fingerprint density at radius 3 is 2.23 bits per heavy atom. The summed E-state index contributed by atoms with van der Waals surface area (Å²) in [7, 11) is -6.27. The number of imidazole rings is 1. The normalized spacial score (nSPS) is 12.5. The summed E-state index contributed by atoms with van der Waals surface area (Å²) >= 11 is 0. The highest BCUT2D eigenvalue weighted by Gasteiger charge is 2.30. The molecule has 0 amide bonds. The number of aryl methyl sites for hydroxylation is 1. The van der Waals surface area contributed by atoms with Crippen LogP contribution in [0.1, 0.15) is 30.7 Å². The quantitative estimate of drug-likeness (QED) is 0.381. The molecule has 0 aliphatic rings. The molecule has 0 N–H and O–H groups in total. The highest BCUT2D eigenvalue weighted by molar-refractivity contribution is 7.90. The van der Waals surface area contributed by atoms with Crippen molar-refractivity contribution >= 4 is 19.9 Å². The number of nitrogens with zero attached hydrogens (tertiary/aromatic N) is 3. The van der Waals surface area contributed by atoms with Crippen LogP contribution >= 0.6 is 0 Å². The highest BCUT2D eigenvalue weighted by Crippen LogP contribution is 2.24. The fraction of sp³-hybridized carbons (Fsp3) is 0.375. The minimum Gasteiger partial charge on any atom is -0.383 e. The number of halogens is 1. The van der Waals surface area contributed by atoms with E-state index >= 15 is 0 Å². The van der Waals surface area contributed by atoms with Crippen LogP contribution in [0.5, 0.6) is 0 Å². The predicted molar refractivity (Wildman–Crippen MR) is 130 cm³/mol. The summed E-state index contributed by atoms with van der Waals surface area (Å²) in [5, 5.41) is -0.190. The van der Waals surface area contributed by atoms with Gasteiger partial charge in [-0.25, -0.2) is 26.2 Å². The number of hydrogen-bond acceptors (Lipinski definition) is 6. The number of methoxy groups -OCH3 is 1. The first-order valence-electron chi connectivity index (χ1n) is 11.0. The summed E-state index contributed by atoms with van der Waals surface area (Å²) in [6, 6.07) is 11.4. The van der Waals surface area contributed by atoms with Gasteiger partial charge in [0.25, 0.3) is 0 Å². The van der Waals surface area contributed by atoms with E-state index in [1.165, 1.54) is 46.4 Å². The summed E-state index contributed by atoms with van der Waals surface area (Å²) in [6.45, 7) is 5.69. The molecule has 2 aromatic carbocycles. The van der Waals surface area contributed by atoms with Gasteiger partial charge in [-0.2, -0.15) is 4.31 Å². The minimum atomic E-state index is -3.91. The van der Waals surface area contributed by atoms with E-state index in [1.54, 1.807) is 38.1 Å². The molecule has 35 heavy (non-hydrogen) atoms. The van der Waals surface area contributed by atoms with Gasteiger partial charge in [0, 0.05) is 19.7 Å². The van der Waals surface area contributed by atoms with Crippen molar-refractivity contribution in [3.63, 3.8) is 0 Å². The van der Waals surface area contributed by atoms with Gasteiger partial charge in [0.05, 0.1) is 35.7 Å². The molecular weight excluding hydrogens is 493 g/mol. The van der Waals surface area contributed by atoms with Gasteiger partial charge in [0.2, 0.25) is 25.0 Å². The van der Waals surface area contributed by atoms with Gasteiger partial charge in [0.15, 0.2) is 0 Å². The molecule has 0 spiro atoms. The van der Waals surface area contributed by atoms with Crippen molar-refractivity contribution in [3.05, 3.63) is 77.4 Å². The average molecular weight is 524 g/mol. The molecule has 3 aromatic rings. The Morgan fingerprint density at radius 1 is 1.03 bits per heavy atom. The van der Waals surface area contributed by atoms with Gasteiger partial charge >= 0.3 is 0 Å². The molecule has 0 atom stereocenters. The van der Waals surface area contributed by atoms with Crippen molar-refractivity contribution in [2.45, 2.75) is 55.7 Å². The molecule has 1 aromatic heterocycles. The zero-order chi connectivity index (χ0) is 25.8. The molecule has 0 aliphatic carbocycles. The van der Waals surface area contributed by atoms with E-state index in [-0.39, 0.29) is 35.5 Å². The van der Waals surface area contributed by atoms with Crippen LogP contribution in [-0.2, 0) is 43.4 Å². The van der Waals surface area contributed by atoms with Crippen LogP contribution in [-0.4, -0.2) is 50.5 Å². The van der Waals surface area contributed by atoms with E-state index in [9.17, 15) is 21.2 Å². The van der Waals surface area contributed by atoms with E-state index in [2.05, 4.69) is 4.98 Å². The molecule has 0 unspecified atom stereocenters. The summed E-state index contributed by atoms with van der Waals surface area (Å²) in [4.78, 5) is 4.31. The fourth-order valence-electron chi connectivity index (χ4n) is 3.60. The van der Waals surface area contributed by atoms with E-state index in [4.69, 9.17) is 4.74 Å². The fourth-order valence-corrected chi connectivity index (χ4v) is 6.73. The van der Waals surface area contributed by atoms with Gasteiger partial charge < -0.3 is 9.30 Å². The van der Waals surface area contributed by atoms with Crippen LogP contribution in [0, 0.1) is 12.7 Å². The molecular formula is C24H30FN3O5S2. The first kappa shape index (κ1) is 27.0. The third-order valence-corrected chi connectivity index (χ3v) is 9.12. The molecule has 0 fully saturated rings. The molecule has 0 saturated carbocycles. The highest BCUT2D eigenvalue weighted by atomic mass is 32.2. The smallest absolute Gasteiger partial charge is 0.243 e. The zero-order valence-electron chi connectivity index (χ0n) is 20.2. The molecule has 3 rings (SSSR count). The van der Waals surface area contributed by atoms with Gasteiger partial charge in [-0.15, -0.1) is 0 Å². The van der Waals surface area contributed by atoms with Gasteiger partial charge in [-0.3, -0.25) is 0 Å². The molecule has 0 aliphatic heterocycles. The maximum atomic E-state index is 13.4. The third kappa shape index (κ3) is 6.35. The second kappa shape index (κ2) is 11.0. The van der Waals surface area contributed by atoms with Crippen LogP contribution in [0.4, 0.5) is 4.39 Å². The number of benzene rings is 2. The Morgan fingerprint density at radius 2 is 1.66 bits per heavy atom. The Labute approximate surface area is 206 Å². The Bertz CT molecular complexity index is 1350. The number of hydrogen-bond donors (Lipinski definition) is 0. The van der Waals surface area contributed by atoms with Crippen LogP contribution in [0.3, 0.4) is 0 Å². The molecule has 0 bridgehead atoms. The Balaban J connectivity index is 1.99. The minimum absolute atomic E-state index is 0.0728. The van der Waals surface area contributed by atoms with Gasteiger partial charge in [0.1, 0.15) is 5.82 Å². The summed E-state index contributed by atoms with van der Waals surface area (Å²) in [6.07, 6.45) is 1.38. The van der Waals surface area contributed by atoms with E-state index in [1.807, 2.05) is 6.92 Å². The van der Waals surface area contributed by atoms with Crippen molar-refractivity contribution in [2.75, 3.05) is 13.7 Å². The Hall–Kier alpha value is -2.60. The van der Waals surface area contributed by atoms with Crippen molar-refractivity contribution in [1.82, 2.24) is 13.9 Å². The van der Waals surface area contributed by atoms with Crippen molar-refractivity contribution in [2.24, 2.45) is 0 Å². The summed E-state index contributed by atoms with van der Waals surface area (Å²) < 4.78 is 74.4. The zero-order valence-corrected chi connectivity index (χ0v) is 21.8. The largest absolute Gasteiger partial charge is 0.383 e. The van der Waals surface area contributed by atoms with E-state index < -0.39 is 31.7 Å². The van der Waals surface area contributed by atoms with E-state index in [0.29, 0.717) is 11.3 Å². The number of sulfone groups is 1. The molecule has 190 valence electrons. The molecule has 11 heteroatoms. The van der Waals surface area contributed by atoms with Crippen molar-refractivity contribution in [1.29, 1.82) is 0 Å². The maximum Gasteiger partial charge on any atom is 0.243 e. The topological polar surface area (TPSA) is 98.6 Å². The standard InChI is InChI=1S/C24H30FN3O5S2/c1-18(2)28(35(31,32)23-11-5-19(3)6-12-23)16-22-15-26-24(27(22)13-14-33-4)34(29,30)17-20-7-9-21(25)10-8-20/h5-12,15,18H,13-14,16-17H2,1-4H3. The number of aromatic nitrogens is 2. The van der Waals surface area contributed by atoms with Crippen LogP contribution in [0.25, 0.3) is 0 Å². The van der Waals surface area contributed by atoms with Crippen molar-refractivity contribution in [3.8, 4) is 0 Å². The molecule has 8 nitrogen and oxygen atoms in total. The first-order valence-corrected chi connectivity index (χ1v) is 14.1. The first-order chi connectivity index (χ1) is 16.5. The third-order valence-electron chi connectivity index (χ3n) is 5.49. The van der Waals surface area contributed by atoms with Crippen LogP contribution < -0.4 is 0 Å². The molecule has 1 heterocycles. The number of rotatable bonds is 11. The van der Waals surface area contributed by atoms with Gasteiger partial charge in [-0.1, -0.05) is 29.8 Å². The lowest BCUT2D eigenvalue weighted by molar-refractivity contribution is 0.182. The summed E-state index contributed by atoms with van der Waals surface area (Å²) in [5.74, 6) is -0.828. The predicted octanol–water partition coefficient (Wildman–Crippen LogP) is 3.55. The lowest BCUT2D eigenvalue weighted by atomic mass is 10.2. The average Bonchev–Trinajstić information content (AvgIpc) is 3.21. The van der Waals surface area contributed by atoms with E-state index in [0.717, 1.165) is 5.56 Å². The Kier molecular flexibility index (Phi) is 8.47. The van der Waals surface area contributed by atoms with Crippen LogP contribution in [0.15, 0.2) is 64.8 Å². The summed E-state index contributed by atoms with van der Waals surface area (Å²) in [5.41, 5.74) is 1.78. The second-order valence-electron chi connectivity index (χ2n) is 8.52. The lowest BCUT2D eigenvalue weighted by Crippen LogP contribution is -2.37. The second-order valence-corrected chi connectivity index (χ2v) is 12.3. The molecule has 0 radical (unpaired) electrons. The van der Waals surface area contributed by atoms with Crippen molar-refractivity contribution < 1.29 is 26.0 Å². The molecule has 0 saturated heterocycles. The number of ether oxygens (including phenoxy) is 1. The number of sulfonamides is 1. The van der Waals surface area contributed by atoms with Gasteiger partial charge in [-0.05, 0) is 50.6 Å². The SMILES string of the molecule is COCCn1c(CN(C(C)C)S(=O)(=O)c2ccc(C)cc2)cnc1S(=O)(=O)Cc1ccc(F)cc1. The maximum absolute atomic E-state index is 13.4. The monoisotopic (exact) mass is 523 g/mol.